The molecule has 4 heterocycles. The quantitative estimate of drug-likeness (QED) is 0.488. The molecular weight excluding hydrogens is 419 g/mol. The Labute approximate surface area is 181 Å². The van der Waals surface area contributed by atoms with E-state index in [-0.39, 0.29) is 17.6 Å². The molecule has 1 aliphatic rings. The molecule has 9 heteroatoms. The van der Waals surface area contributed by atoms with Crippen molar-refractivity contribution in [2.24, 2.45) is 0 Å². The number of carbonyl (C=O) groups is 2. The van der Waals surface area contributed by atoms with Crippen LogP contribution in [0.25, 0.3) is 16.2 Å². The van der Waals surface area contributed by atoms with Crippen molar-refractivity contribution >= 4 is 28.1 Å². The number of aromatic nitrogens is 2. The molecule has 3 aromatic heterocycles. The van der Waals surface area contributed by atoms with Gasteiger partial charge in [-0.1, -0.05) is 12.1 Å². The van der Waals surface area contributed by atoms with Crippen molar-refractivity contribution < 1.29 is 18.4 Å². The van der Waals surface area contributed by atoms with Crippen molar-refractivity contribution in [1.82, 2.24) is 19.2 Å². The highest BCUT2D eigenvalue weighted by Crippen LogP contribution is 2.26. The summed E-state index contributed by atoms with van der Waals surface area (Å²) in [7, 11) is 0. The molecule has 0 radical (unpaired) electrons. The molecule has 31 heavy (non-hydrogen) atoms. The second-order valence-electron chi connectivity index (χ2n) is 7.29. The van der Waals surface area contributed by atoms with Gasteiger partial charge >= 0.3 is 0 Å². The largest absolute Gasteiger partial charge is 0.459 e. The van der Waals surface area contributed by atoms with Crippen LogP contribution in [0.5, 0.6) is 0 Å². The smallest absolute Gasteiger partial charge is 0.289 e. The van der Waals surface area contributed by atoms with Gasteiger partial charge in [0.1, 0.15) is 11.5 Å². The van der Waals surface area contributed by atoms with Crippen LogP contribution in [0.2, 0.25) is 0 Å². The lowest BCUT2D eigenvalue weighted by Gasteiger charge is -2.21. The Hall–Kier alpha value is -3.46. The average Bonchev–Trinajstić information content (AvgIpc) is 3.48. The van der Waals surface area contributed by atoms with Crippen LogP contribution in [-0.2, 0) is 0 Å². The standard InChI is InChI=1S/C22H19FN4O3S/c23-16-6-2-1-5-15(16)17-13-27-18(14-31-22(27)24-17)20(28)25-8-4-9-26(11-10-25)21(29)19-7-3-12-30-19/h1-3,5-7,12-14H,4,8-11H2. The van der Waals surface area contributed by atoms with Gasteiger partial charge in [-0.3, -0.25) is 14.0 Å². The summed E-state index contributed by atoms with van der Waals surface area (Å²) in [5, 5.41) is 1.77. The van der Waals surface area contributed by atoms with E-state index in [9.17, 15) is 14.0 Å². The monoisotopic (exact) mass is 438 g/mol. The minimum Gasteiger partial charge on any atom is -0.459 e. The number of fused-ring (bicyclic) bond motifs is 1. The molecule has 0 unspecified atom stereocenters. The van der Waals surface area contributed by atoms with Gasteiger partial charge < -0.3 is 14.2 Å². The van der Waals surface area contributed by atoms with E-state index in [4.69, 9.17) is 4.42 Å². The molecule has 1 aromatic carbocycles. The summed E-state index contributed by atoms with van der Waals surface area (Å²) < 4.78 is 21.1. The molecular formula is C22H19FN4O3S. The summed E-state index contributed by atoms with van der Waals surface area (Å²) in [5.74, 6) is -0.342. The molecule has 0 saturated carbocycles. The molecule has 2 amide bonds. The number of carbonyl (C=O) groups excluding carboxylic acids is 2. The third kappa shape index (κ3) is 3.61. The van der Waals surface area contributed by atoms with E-state index in [1.807, 2.05) is 0 Å². The molecule has 0 spiro atoms. The summed E-state index contributed by atoms with van der Waals surface area (Å²) in [6, 6.07) is 9.77. The van der Waals surface area contributed by atoms with E-state index < -0.39 is 0 Å². The van der Waals surface area contributed by atoms with Crippen LogP contribution in [-0.4, -0.2) is 57.2 Å². The van der Waals surface area contributed by atoms with Gasteiger partial charge in [-0.15, -0.1) is 11.3 Å². The number of amides is 2. The predicted octanol–water partition coefficient (Wildman–Crippen LogP) is 3.78. The number of hydrogen-bond donors (Lipinski definition) is 0. The fourth-order valence-corrected chi connectivity index (χ4v) is 4.63. The molecule has 5 rings (SSSR count). The van der Waals surface area contributed by atoms with Crippen LogP contribution in [0.3, 0.4) is 0 Å². The number of benzene rings is 1. The van der Waals surface area contributed by atoms with Gasteiger partial charge in [0.15, 0.2) is 10.7 Å². The number of furan rings is 1. The molecule has 0 aliphatic carbocycles. The zero-order chi connectivity index (χ0) is 21.4. The molecule has 0 bridgehead atoms. The number of thiazole rings is 1. The summed E-state index contributed by atoms with van der Waals surface area (Å²) in [4.78, 5) is 34.4. The summed E-state index contributed by atoms with van der Waals surface area (Å²) in [6.07, 6.45) is 3.85. The first kappa shape index (κ1) is 19.5. The zero-order valence-electron chi connectivity index (χ0n) is 16.5. The van der Waals surface area contributed by atoms with Crippen molar-refractivity contribution in [2.45, 2.75) is 6.42 Å². The fourth-order valence-electron chi connectivity index (χ4n) is 3.78. The van der Waals surface area contributed by atoms with Crippen LogP contribution in [0.15, 0.2) is 58.7 Å². The second kappa shape index (κ2) is 7.99. The minimum absolute atomic E-state index is 0.129. The van der Waals surface area contributed by atoms with Crippen molar-refractivity contribution in [1.29, 1.82) is 0 Å². The highest BCUT2D eigenvalue weighted by molar-refractivity contribution is 7.15. The maximum Gasteiger partial charge on any atom is 0.289 e. The first-order valence-electron chi connectivity index (χ1n) is 9.95. The van der Waals surface area contributed by atoms with E-state index in [1.165, 1.54) is 23.7 Å². The maximum absolute atomic E-state index is 14.1. The highest BCUT2D eigenvalue weighted by Gasteiger charge is 2.26. The zero-order valence-corrected chi connectivity index (χ0v) is 17.3. The van der Waals surface area contributed by atoms with E-state index in [1.54, 1.807) is 56.1 Å². The van der Waals surface area contributed by atoms with Crippen molar-refractivity contribution in [2.75, 3.05) is 26.2 Å². The van der Waals surface area contributed by atoms with Gasteiger partial charge in [0.05, 0.1) is 12.0 Å². The number of halogens is 1. The number of nitrogens with zero attached hydrogens (tertiary/aromatic N) is 4. The lowest BCUT2D eigenvalue weighted by molar-refractivity contribution is 0.0698. The predicted molar refractivity (Wildman–Crippen MR) is 114 cm³/mol. The van der Waals surface area contributed by atoms with Crippen LogP contribution in [0, 0.1) is 5.82 Å². The average molecular weight is 438 g/mol. The fraction of sp³-hybridized carbons (Fsp3) is 0.227. The Kier molecular flexibility index (Phi) is 5.03. The Morgan fingerprint density at radius 1 is 1.00 bits per heavy atom. The Morgan fingerprint density at radius 3 is 2.52 bits per heavy atom. The summed E-state index contributed by atoms with van der Waals surface area (Å²) in [5.41, 5.74) is 1.38. The van der Waals surface area contributed by atoms with Crippen LogP contribution in [0.1, 0.15) is 27.5 Å². The number of hydrogen-bond acceptors (Lipinski definition) is 5. The van der Waals surface area contributed by atoms with Gasteiger partial charge in [0.2, 0.25) is 0 Å². The first-order chi connectivity index (χ1) is 15.1. The molecule has 4 aromatic rings. The lowest BCUT2D eigenvalue weighted by atomic mass is 10.1. The van der Waals surface area contributed by atoms with Crippen LogP contribution < -0.4 is 0 Å². The van der Waals surface area contributed by atoms with Gasteiger partial charge in [-0.05, 0) is 30.7 Å². The van der Waals surface area contributed by atoms with Gasteiger partial charge in [-0.25, -0.2) is 9.37 Å². The Bertz CT molecular complexity index is 1250. The molecule has 158 valence electrons. The molecule has 1 aliphatic heterocycles. The van der Waals surface area contributed by atoms with E-state index in [0.717, 1.165) is 0 Å². The van der Waals surface area contributed by atoms with E-state index in [2.05, 4.69) is 4.98 Å². The van der Waals surface area contributed by atoms with Crippen LogP contribution >= 0.6 is 11.3 Å². The third-order valence-electron chi connectivity index (χ3n) is 5.38. The molecule has 0 atom stereocenters. The van der Waals surface area contributed by atoms with Crippen molar-refractivity contribution in [3.05, 3.63) is 71.5 Å². The Balaban J connectivity index is 1.35. The van der Waals surface area contributed by atoms with Crippen LogP contribution in [0.4, 0.5) is 4.39 Å². The summed E-state index contributed by atoms with van der Waals surface area (Å²) in [6.45, 7) is 1.97. The lowest BCUT2D eigenvalue weighted by Crippen LogP contribution is -2.37. The SMILES string of the molecule is O=C(c1ccco1)N1CCCN(C(=O)c2csc3nc(-c4ccccc4F)cn23)CC1. The first-order valence-corrected chi connectivity index (χ1v) is 10.8. The van der Waals surface area contributed by atoms with Gasteiger partial charge in [0, 0.05) is 43.3 Å². The number of rotatable bonds is 3. The second-order valence-corrected chi connectivity index (χ2v) is 8.13. The maximum atomic E-state index is 14.1. The van der Waals surface area contributed by atoms with Crippen molar-refractivity contribution in [3.8, 4) is 11.3 Å². The topological polar surface area (TPSA) is 71.1 Å². The molecule has 7 nitrogen and oxygen atoms in total. The summed E-state index contributed by atoms with van der Waals surface area (Å²) >= 11 is 1.34. The third-order valence-corrected chi connectivity index (χ3v) is 6.22. The minimum atomic E-state index is -0.352. The van der Waals surface area contributed by atoms with Crippen molar-refractivity contribution in [3.63, 3.8) is 0 Å². The normalized spacial score (nSPS) is 14.7. The van der Waals surface area contributed by atoms with E-state index in [0.29, 0.717) is 60.3 Å². The molecule has 1 saturated heterocycles. The van der Waals surface area contributed by atoms with Gasteiger partial charge in [-0.2, -0.15) is 0 Å². The molecule has 1 fully saturated rings. The van der Waals surface area contributed by atoms with E-state index >= 15 is 0 Å². The van der Waals surface area contributed by atoms with Gasteiger partial charge in [0.25, 0.3) is 11.8 Å². The highest BCUT2D eigenvalue weighted by atomic mass is 32.1. The molecule has 0 N–H and O–H groups in total. The Morgan fingerprint density at radius 2 is 1.77 bits per heavy atom. The number of imidazole rings is 1.